The largest absolute Gasteiger partial charge is 0.333 e. The quantitative estimate of drug-likeness (QED) is 0.630. The molecule has 0 aromatic rings. The van der Waals surface area contributed by atoms with Gasteiger partial charge in [0.2, 0.25) is 0 Å². The van der Waals surface area contributed by atoms with Gasteiger partial charge in [0, 0.05) is 6.54 Å². The minimum absolute atomic E-state index is 0.591. The molecule has 80 valence electrons. The third-order valence-corrected chi connectivity index (χ3v) is 2.85. The van der Waals surface area contributed by atoms with Crippen molar-refractivity contribution in [2.24, 2.45) is 0 Å². The van der Waals surface area contributed by atoms with E-state index in [9.17, 15) is 0 Å². The van der Waals surface area contributed by atoms with Crippen molar-refractivity contribution in [2.45, 2.75) is 39.8 Å². The zero-order valence-electron chi connectivity index (χ0n) is 10.2. The van der Waals surface area contributed by atoms with Gasteiger partial charge in [-0.3, -0.25) is 0 Å². The van der Waals surface area contributed by atoms with Crippen molar-refractivity contribution in [1.29, 1.82) is 0 Å². The van der Waals surface area contributed by atoms with E-state index in [1.807, 2.05) is 0 Å². The number of hydrogen-bond acceptors (Lipinski definition) is 2. The van der Waals surface area contributed by atoms with Gasteiger partial charge in [0.25, 0.3) is 6.85 Å². The maximum atomic E-state index is 2.58. The van der Waals surface area contributed by atoms with Crippen molar-refractivity contribution in [1.82, 2.24) is 9.71 Å². The molecule has 1 rings (SSSR count). The highest BCUT2D eigenvalue weighted by molar-refractivity contribution is 6.62. The van der Waals surface area contributed by atoms with Gasteiger partial charge in [-0.25, -0.2) is 0 Å². The summed E-state index contributed by atoms with van der Waals surface area (Å²) in [5.74, 6) is 2.36. The second-order valence-electron chi connectivity index (χ2n) is 4.85. The molecule has 0 unspecified atom stereocenters. The van der Waals surface area contributed by atoms with Gasteiger partial charge in [-0.05, 0) is 25.6 Å². The Hall–Kier alpha value is -0.275. The van der Waals surface area contributed by atoms with Crippen LogP contribution in [0.15, 0.2) is 12.1 Å². The summed E-state index contributed by atoms with van der Waals surface area (Å²) < 4.78 is 0. The molecular formula is C11H23BN2. The smallest absolute Gasteiger partial charge is 0.264 e. The Kier molecular flexibility index (Phi) is 4.20. The van der Waals surface area contributed by atoms with Crippen LogP contribution >= 0.6 is 0 Å². The summed E-state index contributed by atoms with van der Waals surface area (Å²) in [4.78, 5) is 4.95. The van der Waals surface area contributed by atoms with E-state index >= 15 is 0 Å². The third-order valence-electron chi connectivity index (χ3n) is 2.85. The summed E-state index contributed by atoms with van der Waals surface area (Å²) in [5.41, 5.74) is 0. The summed E-state index contributed by atoms with van der Waals surface area (Å²) in [6, 6.07) is 1.24. The molecule has 0 amide bonds. The summed E-state index contributed by atoms with van der Waals surface area (Å²) in [5, 5.41) is 0. The van der Waals surface area contributed by atoms with Gasteiger partial charge in [-0.15, -0.1) is 5.98 Å². The Morgan fingerprint density at radius 3 is 2.21 bits per heavy atom. The van der Waals surface area contributed by atoms with Crippen molar-refractivity contribution in [2.75, 3.05) is 20.0 Å². The molecule has 1 aliphatic rings. The fourth-order valence-electron chi connectivity index (χ4n) is 2.41. The van der Waals surface area contributed by atoms with E-state index in [-0.39, 0.29) is 0 Å². The normalized spacial score (nSPS) is 19.0. The zero-order valence-corrected chi connectivity index (χ0v) is 10.2. The standard InChI is InChI=1S/C11H23BN2/c1-10(2)14(11(3)4)12-7-6-8-13(5)9-12/h6-7,10-11H,8-9H2,1-5H3. The van der Waals surface area contributed by atoms with Crippen LogP contribution in [-0.2, 0) is 0 Å². The SMILES string of the molecule is CC(C)N(B1C=CCN(C)C1)C(C)C. The minimum atomic E-state index is 0.591. The van der Waals surface area contributed by atoms with Gasteiger partial charge >= 0.3 is 0 Å². The van der Waals surface area contributed by atoms with Crippen LogP contribution in [-0.4, -0.2) is 48.7 Å². The Morgan fingerprint density at radius 2 is 1.79 bits per heavy atom. The fraction of sp³-hybridized carbons (Fsp3) is 0.818. The van der Waals surface area contributed by atoms with E-state index in [1.54, 1.807) is 0 Å². The summed E-state index contributed by atoms with van der Waals surface area (Å²) >= 11 is 0. The Balaban J connectivity index is 2.68. The molecule has 0 aromatic heterocycles. The minimum Gasteiger partial charge on any atom is -0.333 e. The van der Waals surface area contributed by atoms with Gasteiger partial charge in [-0.2, -0.15) is 0 Å². The molecule has 0 atom stereocenters. The number of nitrogens with zero attached hydrogens (tertiary/aromatic N) is 2. The van der Waals surface area contributed by atoms with E-state index in [4.69, 9.17) is 0 Å². The van der Waals surface area contributed by atoms with Gasteiger partial charge < -0.3 is 9.71 Å². The molecule has 2 nitrogen and oxygen atoms in total. The molecule has 1 aliphatic heterocycles. The average molecular weight is 194 g/mol. The van der Waals surface area contributed by atoms with Gasteiger partial charge in [0.1, 0.15) is 0 Å². The average Bonchev–Trinajstić information content (AvgIpc) is 2.02. The summed E-state index contributed by atoms with van der Waals surface area (Å²) in [6.45, 7) is 10.8. The van der Waals surface area contributed by atoms with Crippen molar-refractivity contribution in [3.8, 4) is 0 Å². The second kappa shape index (κ2) is 4.99. The monoisotopic (exact) mass is 194 g/mol. The number of hydrogen-bond donors (Lipinski definition) is 0. The van der Waals surface area contributed by atoms with E-state index in [0.717, 1.165) is 13.0 Å². The molecule has 0 aromatic carbocycles. The molecule has 0 bridgehead atoms. The van der Waals surface area contributed by atoms with Crippen molar-refractivity contribution in [3.05, 3.63) is 12.1 Å². The zero-order chi connectivity index (χ0) is 10.7. The molecular weight excluding hydrogens is 171 g/mol. The van der Waals surface area contributed by atoms with Gasteiger partial charge in [0.15, 0.2) is 0 Å². The predicted molar refractivity (Wildman–Crippen MR) is 64.5 cm³/mol. The molecule has 0 saturated heterocycles. The first-order chi connectivity index (χ1) is 6.52. The van der Waals surface area contributed by atoms with Crippen LogP contribution in [0.3, 0.4) is 0 Å². The summed E-state index contributed by atoms with van der Waals surface area (Å²) in [6.07, 6.45) is 3.44. The molecule has 0 radical (unpaired) electrons. The van der Waals surface area contributed by atoms with E-state index in [2.05, 4.69) is 56.5 Å². The van der Waals surface area contributed by atoms with E-state index in [0.29, 0.717) is 18.9 Å². The Labute approximate surface area is 89.1 Å². The molecule has 14 heavy (non-hydrogen) atoms. The maximum absolute atomic E-state index is 2.58. The lowest BCUT2D eigenvalue weighted by molar-refractivity contribution is 0.291. The van der Waals surface area contributed by atoms with Crippen LogP contribution in [0.25, 0.3) is 0 Å². The van der Waals surface area contributed by atoms with E-state index < -0.39 is 0 Å². The van der Waals surface area contributed by atoms with Crippen molar-refractivity contribution in [3.63, 3.8) is 0 Å². The topological polar surface area (TPSA) is 6.48 Å². The number of rotatable bonds is 3. The lowest BCUT2D eigenvalue weighted by Crippen LogP contribution is -2.54. The first-order valence-electron chi connectivity index (χ1n) is 5.65. The Morgan fingerprint density at radius 1 is 1.21 bits per heavy atom. The lowest BCUT2D eigenvalue weighted by atomic mass is 9.57. The van der Waals surface area contributed by atoms with Crippen LogP contribution < -0.4 is 0 Å². The predicted octanol–water partition coefficient (Wildman–Crippen LogP) is 1.68. The molecule has 0 aliphatic carbocycles. The highest BCUT2D eigenvalue weighted by atomic mass is 15.2. The molecule has 0 saturated carbocycles. The van der Waals surface area contributed by atoms with Crippen LogP contribution in [0.4, 0.5) is 0 Å². The highest BCUT2D eigenvalue weighted by Crippen LogP contribution is 2.12. The van der Waals surface area contributed by atoms with Crippen LogP contribution in [0.1, 0.15) is 27.7 Å². The maximum Gasteiger partial charge on any atom is 0.264 e. The van der Waals surface area contributed by atoms with Crippen LogP contribution in [0, 0.1) is 0 Å². The highest BCUT2D eigenvalue weighted by Gasteiger charge is 2.27. The van der Waals surface area contributed by atoms with Crippen LogP contribution in [0.2, 0.25) is 0 Å². The molecule has 0 fully saturated rings. The third kappa shape index (κ3) is 2.86. The van der Waals surface area contributed by atoms with Crippen molar-refractivity contribution >= 4 is 6.85 Å². The molecule has 1 heterocycles. The van der Waals surface area contributed by atoms with E-state index in [1.165, 1.54) is 0 Å². The first kappa shape index (κ1) is 11.8. The first-order valence-corrected chi connectivity index (χ1v) is 5.65. The Bertz CT molecular complexity index is 193. The molecule has 0 spiro atoms. The lowest BCUT2D eigenvalue weighted by Gasteiger charge is -2.38. The van der Waals surface area contributed by atoms with Gasteiger partial charge in [-0.1, -0.05) is 33.8 Å². The molecule has 3 heteroatoms. The summed E-state index contributed by atoms with van der Waals surface area (Å²) in [7, 11) is 2.19. The van der Waals surface area contributed by atoms with Crippen LogP contribution in [0.5, 0.6) is 0 Å². The second-order valence-corrected chi connectivity index (χ2v) is 4.85. The fourth-order valence-corrected chi connectivity index (χ4v) is 2.41. The van der Waals surface area contributed by atoms with Gasteiger partial charge in [0.05, 0.1) is 0 Å². The van der Waals surface area contributed by atoms with Crippen molar-refractivity contribution < 1.29 is 0 Å². The molecule has 0 N–H and O–H groups in total. The number of likely N-dealkylation sites (N-methyl/N-ethyl adjacent to an activating group) is 1.